The fourth-order valence-electron chi connectivity index (χ4n) is 4.67. The van der Waals surface area contributed by atoms with Crippen LogP contribution in [0.1, 0.15) is 36.1 Å². The van der Waals surface area contributed by atoms with Gasteiger partial charge >= 0.3 is 0 Å². The Labute approximate surface area is 201 Å². The molecule has 9 heteroatoms. The number of nitrogens with zero attached hydrogens (tertiary/aromatic N) is 2. The number of hydrogen-bond acceptors (Lipinski definition) is 5. The van der Waals surface area contributed by atoms with Gasteiger partial charge in [0.25, 0.3) is 0 Å². The van der Waals surface area contributed by atoms with E-state index in [1.54, 1.807) is 11.0 Å². The van der Waals surface area contributed by atoms with Crippen LogP contribution in [0.25, 0.3) is 0 Å². The normalized spacial score (nSPS) is 21.9. The summed E-state index contributed by atoms with van der Waals surface area (Å²) in [5.41, 5.74) is 14.0. The Morgan fingerprint density at radius 1 is 1.22 bits per heavy atom. The predicted octanol–water partition coefficient (Wildman–Crippen LogP) is 2.38. The second-order valence-corrected chi connectivity index (χ2v) is 8.42. The molecule has 174 valence electrons. The number of nitrogen functional groups attached to an aromatic ring is 1. The van der Waals surface area contributed by atoms with Gasteiger partial charge in [-0.1, -0.05) is 36.4 Å². The zero-order chi connectivity index (χ0) is 21.3. The van der Waals surface area contributed by atoms with Crippen LogP contribution in [0.3, 0.4) is 0 Å². The first-order valence-corrected chi connectivity index (χ1v) is 10.5. The SMILES string of the molecule is Cc1nc(N)ccc1CNC(=O)[C@]12C[C@H]1CCCN2C(=O)[C@H](N)Cc1ccccc1.Cl.Cl. The first-order valence-electron chi connectivity index (χ1n) is 10.5. The van der Waals surface area contributed by atoms with Gasteiger partial charge in [0.2, 0.25) is 11.8 Å². The summed E-state index contributed by atoms with van der Waals surface area (Å²) in [4.78, 5) is 32.4. The number of carbonyl (C=O) groups excluding carboxylic acids is 2. The van der Waals surface area contributed by atoms with E-state index in [0.717, 1.165) is 29.7 Å². The van der Waals surface area contributed by atoms with Gasteiger partial charge in [-0.15, -0.1) is 24.8 Å². The van der Waals surface area contributed by atoms with E-state index in [1.165, 1.54) is 0 Å². The number of benzene rings is 1. The maximum atomic E-state index is 13.2. The third-order valence-corrected chi connectivity index (χ3v) is 6.42. The molecule has 7 nitrogen and oxygen atoms in total. The van der Waals surface area contributed by atoms with Gasteiger partial charge in [0.1, 0.15) is 11.4 Å². The Balaban J connectivity index is 0.00000181. The number of fused-ring (bicyclic) bond motifs is 1. The van der Waals surface area contributed by atoms with Gasteiger partial charge in [-0.25, -0.2) is 4.98 Å². The Morgan fingerprint density at radius 2 is 1.94 bits per heavy atom. The number of nitrogens with one attached hydrogen (secondary N) is 1. The Bertz CT molecular complexity index is 959. The van der Waals surface area contributed by atoms with Crippen molar-refractivity contribution in [1.29, 1.82) is 0 Å². The van der Waals surface area contributed by atoms with Gasteiger partial charge in [0.05, 0.1) is 6.04 Å². The third kappa shape index (κ3) is 5.00. The lowest BCUT2D eigenvalue weighted by Crippen LogP contribution is -2.58. The highest BCUT2D eigenvalue weighted by Crippen LogP contribution is 2.54. The van der Waals surface area contributed by atoms with Crippen LogP contribution in [0, 0.1) is 12.8 Å². The molecule has 1 aliphatic heterocycles. The number of anilines is 1. The summed E-state index contributed by atoms with van der Waals surface area (Å²) in [6.07, 6.45) is 3.05. The molecule has 2 heterocycles. The molecule has 1 aliphatic carbocycles. The number of halogens is 2. The second kappa shape index (κ2) is 10.5. The molecule has 4 rings (SSSR count). The highest BCUT2D eigenvalue weighted by Gasteiger charge is 2.66. The molecular formula is C23H31Cl2N5O2. The molecule has 2 aromatic rings. The predicted molar refractivity (Wildman–Crippen MR) is 130 cm³/mol. The number of aryl methyl sites for hydroxylation is 1. The minimum atomic E-state index is -0.751. The number of carbonyl (C=O) groups is 2. The third-order valence-electron chi connectivity index (χ3n) is 6.42. The van der Waals surface area contributed by atoms with Crippen LogP contribution in [0.15, 0.2) is 42.5 Å². The molecule has 0 bridgehead atoms. The van der Waals surface area contributed by atoms with Crippen LogP contribution >= 0.6 is 24.8 Å². The monoisotopic (exact) mass is 479 g/mol. The van der Waals surface area contributed by atoms with Crippen LogP contribution in [0.4, 0.5) is 5.82 Å². The minimum Gasteiger partial charge on any atom is -0.384 e. The topological polar surface area (TPSA) is 114 Å². The van der Waals surface area contributed by atoms with Crippen molar-refractivity contribution in [2.75, 3.05) is 12.3 Å². The molecule has 2 aliphatic rings. The van der Waals surface area contributed by atoms with E-state index in [-0.39, 0.29) is 42.5 Å². The van der Waals surface area contributed by atoms with Crippen molar-refractivity contribution in [3.63, 3.8) is 0 Å². The van der Waals surface area contributed by atoms with Crippen molar-refractivity contribution in [1.82, 2.24) is 15.2 Å². The lowest BCUT2D eigenvalue weighted by atomic mass is 9.98. The van der Waals surface area contributed by atoms with Crippen molar-refractivity contribution in [2.45, 2.75) is 50.7 Å². The zero-order valence-electron chi connectivity index (χ0n) is 18.1. The summed E-state index contributed by atoms with van der Waals surface area (Å²) in [6.45, 7) is 2.81. The minimum absolute atomic E-state index is 0. The van der Waals surface area contributed by atoms with E-state index in [9.17, 15) is 9.59 Å². The largest absolute Gasteiger partial charge is 0.384 e. The molecule has 0 spiro atoms. The first-order chi connectivity index (χ1) is 14.4. The summed E-state index contributed by atoms with van der Waals surface area (Å²) in [6, 6.07) is 12.7. The zero-order valence-corrected chi connectivity index (χ0v) is 19.8. The molecule has 1 saturated heterocycles. The van der Waals surface area contributed by atoms with Gasteiger partial charge < -0.3 is 21.7 Å². The van der Waals surface area contributed by atoms with Gasteiger partial charge in [-0.2, -0.15) is 0 Å². The molecule has 1 saturated carbocycles. The quantitative estimate of drug-likeness (QED) is 0.588. The standard InChI is InChI=1S/C23H29N5O2.2ClH/c1-15-17(9-10-20(25)27-15)14-26-22(30)23-13-18(23)8-5-11-28(23)21(29)19(24)12-16-6-3-2-4-7-16;;/h2-4,6-7,9-10,18-19H,5,8,11-14,24H2,1H3,(H2,25,27)(H,26,30);2*1H/t18-,19-,23+;;/m1../s1. The van der Waals surface area contributed by atoms with Gasteiger partial charge in [0, 0.05) is 18.8 Å². The molecule has 2 amide bonds. The van der Waals surface area contributed by atoms with Crippen LogP contribution in [0.5, 0.6) is 0 Å². The summed E-state index contributed by atoms with van der Waals surface area (Å²) >= 11 is 0. The van der Waals surface area contributed by atoms with Gasteiger partial charge in [0.15, 0.2) is 0 Å². The van der Waals surface area contributed by atoms with Gasteiger partial charge in [-0.3, -0.25) is 9.59 Å². The fraction of sp³-hybridized carbons (Fsp3) is 0.435. The number of amides is 2. The van der Waals surface area contributed by atoms with Gasteiger partial charge in [-0.05, 0) is 55.7 Å². The molecule has 5 N–H and O–H groups in total. The molecular weight excluding hydrogens is 449 g/mol. The summed E-state index contributed by atoms with van der Waals surface area (Å²) < 4.78 is 0. The number of pyridine rings is 1. The lowest BCUT2D eigenvalue weighted by Gasteiger charge is -2.37. The van der Waals surface area contributed by atoms with Crippen molar-refractivity contribution in [3.8, 4) is 0 Å². The lowest BCUT2D eigenvalue weighted by molar-refractivity contribution is -0.145. The van der Waals surface area contributed by atoms with Crippen LogP contribution < -0.4 is 16.8 Å². The molecule has 3 atom stereocenters. The Kier molecular flexibility index (Phi) is 8.51. The smallest absolute Gasteiger partial charge is 0.246 e. The van der Waals surface area contributed by atoms with E-state index in [2.05, 4.69) is 10.3 Å². The van der Waals surface area contributed by atoms with E-state index < -0.39 is 11.6 Å². The van der Waals surface area contributed by atoms with Crippen LogP contribution in [-0.4, -0.2) is 39.8 Å². The molecule has 32 heavy (non-hydrogen) atoms. The number of likely N-dealkylation sites (tertiary alicyclic amines) is 1. The highest BCUT2D eigenvalue weighted by atomic mass is 35.5. The number of piperidine rings is 1. The highest BCUT2D eigenvalue weighted by molar-refractivity contribution is 5.96. The number of nitrogens with two attached hydrogens (primary N) is 2. The molecule has 0 unspecified atom stereocenters. The van der Waals surface area contributed by atoms with Crippen LogP contribution in [0.2, 0.25) is 0 Å². The van der Waals surface area contributed by atoms with E-state index >= 15 is 0 Å². The Hall–Kier alpha value is -2.35. The maximum absolute atomic E-state index is 13.2. The molecule has 2 fully saturated rings. The number of hydrogen-bond donors (Lipinski definition) is 3. The van der Waals surface area contributed by atoms with Crippen molar-refractivity contribution >= 4 is 42.4 Å². The summed E-state index contributed by atoms with van der Waals surface area (Å²) in [5, 5.41) is 3.03. The average Bonchev–Trinajstić information content (AvgIpc) is 3.49. The summed E-state index contributed by atoms with van der Waals surface area (Å²) in [5.74, 6) is 0.440. The van der Waals surface area contributed by atoms with Crippen molar-refractivity contribution < 1.29 is 9.59 Å². The Morgan fingerprint density at radius 3 is 2.62 bits per heavy atom. The van der Waals surface area contributed by atoms with Crippen molar-refractivity contribution in [3.05, 3.63) is 59.3 Å². The fourth-order valence-corrected chi connectivity index (χ4v) is 4.67. The van der Waals surface area contributed by atoms with E-state index in [0.29, 0.717) is 31.7 Å². The number of rotatable bonds is 6. The average molecular weight is 480 g/mol. The molecule has 1 aromatic carbocycles. The van der Waals surface area contributed by atoms with E-state index in [1.807, 2.05) is 43.3 Å². The molecule has 0 radical (unpaired) electrons. The van der Waals surface area contributed by atoms with E-state index in [4.69, 9.17) is 11.5 Å². The first kappa shape index (κ1) is 25.9. The molecule has 1 aromatic heterocycles. The summed E-state index contributed by atoms with van der Waals surface area (Å²) in [7, 11) is 0. The second-order valence-electron chi connectivity index (χ2n) is 8.42. The maximum Gasteiger partial charge on any atom is 0.246 e. The number of aromatic nitrogens is 1. The van der Waals surface area contributed by atoms with Crippen LogP contribution in [-0.2, 0) is 22.6 Å². The van der Waals surface area contributed by atoms with Crippen molar-refractivity contribution in [2.24, 2.45) is 11.7 Å².